The van der Waals surface area contributed by atoms with Crippen LogP contribution in [0.3, 0.4) is 0 Å². The van der Waals surface area contributed by atoms with Gasteiger partial charge in [0.2, 0.25) is 10.0 Å². The molecule has 0 atom stereocenters. The number of hydrogen-bond acceptors (Lipinski definition) is 4. The van der Waals surface area contributed by atoms with E-state index < -0.39 is 10.0 Å². The number of sulfonamides is 1. The summed E-state index contributed by atoms with van der Waals surface area (Å²) in [5.41, 5.74) is 0. The van der Waals surface area contributed by atoms with Crippen molar-refractivity contribution in [3.8, 4) is 0 Å². The smallest absolute Gasteiger partial charge is 0.243 e. The summed E-state index contributed by atoms with van der Waals surface area (Å²) < 4.78 is 33.2. The predicted molar refractivity (Wildman–Crippen MR) is 125 cm³/mol. The van der Waals surface area contributed by atoms with Gasteiger partial charge in [-0.05, 0) is 82.3 Å². The van der Waals surface area contributed by atoms with Crippen LogP contribution in [0.15, 0.2) is 41.8 Å². The van der Waals surface area contributed by atoms with E-state index in [4.69, 9.17) is 16.3 Å². The van der Waals surface area contributed by atoms with Gasteiger partial charge < -0.3 is 10.1 Å². The van der Waals surface area contributed by atoms with Gasteiger partial charge in [-0.2, -0.15) is 4.31 Å². The Morgan fingerprint density at radius 1 is 1.10 bits per heavy atom. The molecule has 0 amide bonds. The van der Waals surface area contributed by atoms with Gasteiger partial charge >= 0.3 is 0 Å². The molecule has 0 heterocycles. The number of nitrogens with zero attached hydrogens (tertiary/aromatic N) is 1. The zero-order valence-electron chi connectivity index (χ0n) is 18.2. The van der Waals surface area contributed by atoms with Crippen LogP contribution in [0.1, 0.15) is 57.8 Å². The van der Waals surface area contributed by atoms with Crippen molar-refractivity contribution < 1.29 is 13.2 Å². The molecular formula is C23H37ClN2O3S. The fraction of sp³-hybridized carbons (Fsp3) is 0.652. The van der Waals surface area contributed by atoms with E-state index in [-0.39, 0.29) is 12.1 Å². The van der Waals surface area contributed by atoms with E-state index in [1.54, 1.807) is 31.3 Å². The summed E-state index contributed by atoms with van der Waals surface area (Å²) in [6.07, 6.45) is 11.5. The first-order chi connectivity index (χ1) is 14.4. The summed E-state index contributed by atoms with van der Waals surface area (Å²) in [5.74, 6) is 0. The lowest BCUT2D eigenvalue weighted by Crippen LogP contribution is -2.40. The third-order valence-electron chi connectivity index (χ3n) is 5.78. The van der Waals surface area contributed by atoms with Gasteiger partial charge in [0.15, 0.2) is 0 Å². The summed E-state index contributed by atoms with van der Waals surface area (Å²) in [6.45, 7) is 6.62. The highest BCUT2D eigenvalue weighted by atomic mass is 35.5. The lowest BCUT2D eigenvalue weighted by Gasteiger charge is -2.34. The average molecular weight is 457 g/mol. The molecule has 2 rings (SSSR count). The number of rotatable bonds is 14. The number of ether oxygens (including phenoxy) is 1. The second-order valence-corrected chi connectivity index (χ2v) is 10.5. The van der Waals surface area contributed by atoms with Crippen molar-refractivity contribution in [2.24, 2.45) is 0 Å². The lowest BCUT2D eigenvalue weighted by molar-refractivity contribution is 0.0157. The molecule has 0 bridgehead atoms. The van der Waals surface area contributed by atoms with E-state index in [0.29, 0.717) is 9.92 Å². The Balaban J connectivity index is 1.60. The molecule has 1 aliphatic rings. The molecule has 1 saturated carbocycles. The quantitative estimate of drug-likeness (QED) is 0.315. The third kappa shape index (κ3) is 8.31. The Morgan fingerprint density at radius 2 is 1.77 bits per heavy atom. The van der Waals surface area contributed by atoms with Crippen molar-refractivity contribution in [2.45, 2.75) is 74.8 Å². The second-order valence-electron chi connectivity index (χ2n) is 8.02. The molecule has 0 unspecified atom stereocenters. The maximum Gasteiger partial charge on any atom is 0.243 e. The largest absolute Gasteiger partial charge is 0.378 e. The zero-order valence-corrected chi connectivity index (χ0v) is 19.8. The maximum absolute atomic E-state index is 12.8. The standard InChI is InChI=1S/C23H37ClN2O3S/c1-3-4-17-25-18-7-5-6-8-19-29-22-13-11-21(12-14-22)26(2)30(27,28)23-15-9-20(24)10-16-23/h3,9-10,15-16,21-22,25H,1,4-8,11-14,17-19H2,2H3. The van der Waals surface area contributed by atoms with Crippen LogP contribution in [0.25, 0.3) is 0 Å². The van der Waals surface area contributed by atoms with Gasteiger partial charge in [0, 0.05) is 24.7 Å². The molecule has 5 nitrogen and oxygen atoms in total. The molecule has 0 spiro atoms. The minimum absolute atomic E-state index is 0.0270. The van der Waals surface area contributed by atoms with Crippen LogP contribution in [0, 0.1) is 0 Å². The molecule has 0 aliphatic heterocycles. The Kier molecular flexibility index (Phi) is 11.4. The van der Waals surface area contributed by atoms with Crippen LogP contribution in [0.2, 0.25) is 5.02 Å². The van der Waals surface area contributed by atoms with Gasteiger partial charge in [0.1, 0.15) is 0 Å². The van der Waals surface area contributed by atoms with Gasteiger partial charge in [-0.3, -0.25) is 0 Å². The van der Waals surface area contributed by atoms with E-state index in [1.165, 1.54) is 23.6 Å². The summed E-state index contributed by atoms with van der Waals surface area (Å²) in [4.78, 5) is 0.295. The Hall–Kier alpha value is -0.920. The highest BCUT2D eigenvalue weighted by Gasteiger charge is 2.31. The highest BCUT2D eigenvalue weighted by Crippen LogP contribution is 2.28. The van der Waals surface area contributed by atoms with Gasteiger partial charge in [-0.15, -0.1) is 6.58 Å². The van der Waals surface area contributed by atoms with Crippen molar-refractivity contribution in [1.82, 2.24) is 9.62 Å². The fourth-order valence-electron chi connectivity index (χ4n) is 3.83. The Morgan fingerprint density at radius 3 is 2.43 bits per heavy atom. The molecule has 0 aromatic heterocycles. The first-order valence-corrected chi connectivity index (χ1v) is 12.9. The molecule has 1 N–H and O–H groups in total. The zero-order chi connectivity index (χ0) is 21.8. The molecule has 0 saturated heterocycles. The molecule has 1 aromatic rings. The Bertz CT molecular complexity index is 716. The van der Waals surface area contributed by atoms with E-state index in [1.807, 2.05) is 6.08 Å². The molecule has 1 aliphatic carbocycles. The van der Waals surface area contributed by atoms with Crippen LogP contribution in [-0.2, 0) is 14.8 Å². The molecule has 1 aromatic carbocycles. The van der Waals surface area contributed by atoms with E-state index >= 15 is 0 Å². The van der Waals surface area contributed by atoms with Crippen molar-refractivity contribution >= 4 is 21.6 Å². The van der Waals surface area contributed by atoms with E-state index in [9.17, 15) is 8.42 Å². The molecule has 170 valence electrons. The maximum atomic E-state index is 12.8. The number of unbranched alkanes of at least 4 members (excludes halogenated alkanes) is 3. The predicted octanol–water partition coefficient (Wildman–Crippen LogP) is 5.01. The number of benzene rings is 1. The normalized spacial score (nSPS) is 19.8. The number of hydrogen-bond donors (Lipinski definition) is 1. The van der Waals surface area contributed by atoms with Crippen molar-refractivity contribution in [1.29, 1.82) is 0 Å². The van der Waals surface area contributed by atoms with E-state index in [0.717, 1.165) is 58.2 Å². The third-order valence-corrected chi connectivity index (χ3v) is 7.95. The molecule has 0 radical (unpaired) electrons. The number of nitrogens with one attached hydrogen (secondary N) is 1. The van der Waals surface area contributed by atoms with Gasteiger partial charge in [0.05, 0.1) is 11.0 Å². The molecular weight excluding hydrogens is 420 g/mol. The second kappa shape index (κ2) is 13.5. The monoisotopic (exact) mass is 456 g/mol. The minimum atomic E-state index is -3.49. The van der Waals surface area contributed by atoms with Crippen LogP contribution in [-0.4, -0.2) is 51.6 Å². The first-order valence-electron chi connectivity index (χ1n) is 11.1. The summed E-state index contributed by atoms with van der Waals surface area (Å²) in [7, 11) is -1.80. The minimum Gasteiger partial charge on any atom is -0.378 e. The van der Waals surface area contributed by atoms with Crippen LogP contribution < -0.4 is 5.32 Å². The van der Waals surface area contributed by atoms with Gasteiger partial charge in [-0.25, -0.2) is 8.42 Å². The molecule has 1 fully saturated rings. The highest BCUT2D eigenvalue weighted by molar-refractivity contribution is 7.89. The molecule has 7 heteroatoms. The topological polar surface area (TPSA) is 58.6 Å². The van der Waals surface area contributed by atoms with Crippen molar-refractivity contribution in [3.05, 3.63) is 41.9 Å². The first kappa shape index (κ1) is 25.3. The van der Waals surface area contributed by atoms with Crippen molar-refractivity contribution in [3.63, 3.8) is 0 Å². The van der Waals surface area contributed by atoms with Gasteiger partial charge in [-0.1, -0.05) is 30.5 Å². The summed E-state index contributed by atoms with van der Waals surface area (Å²) in [6, 6.07) is 6.40. The van der Waals surface area contributed by atoms with E-state index in [2.05, 4.69) is 11.9 Å². The number of halogens is 1. The Labute approximate surface area is 187 Å². The average Bonchev–Trinajstić information content (AvgIpc) is 2.75. The van der Waals surface area contributed by atoms with Crippen LogP contribution in [0.5, 0.6) is 0 Å². The lowest BCUT2D eigenvalue weighted by atomic mass is 9.93. The fourth-order valence-corrected chi connectivity index (χ4v) is 5.37. The van der Waals surface area contributed by atoms with Gasteiger partial charge in [0.25, 0.3) is 0 Å². The van der Waals surface area contributed by atoms with Crippen molar-refractivity contribution in [2.75, 3.05) is 26.7 Å². The summed E-state index contributed by atoms with van der Waals surface area (Å²) in [5, 5.41) is 3.95. The molecule has 30 heavy (non-hydrogen) atoms. The van der Waals surface area contributed by atoms with Crippen LogP contribution in [0.4, 0.5) is 0 Å². The van der Waals surface area contributed by atoms with Crippen LogP contribution >= 0.6 is 11.6 Å². The SMILES string of the molecule is C=CCCNCCCCCCOC1CCC(N(C)S(=O)(=O)c2ccc(Cl)cc2)CC1. The summed E-state index contributed by atoms with van der Waals surface area (Å²) >= 11 is 5.88.